The summed E-state index contributed by atoms with van der Waals surface area (Å²) in [5, 5.41) is 6.37. The van der Waals surface area contributed by atoms with Crippen molar-refractivity contribution in [3.05, 3.63) is 23.2 Å². The molecule has 2 amide bonds. The maximum Gasteiger partial charge on any atom is 0.225 e. The summed E-state index contributed by atoms with van der Waals surface area (Å²) < 4.78 is 0. The maximum atomic E-state index is 11.4. The molecule has 2 N–H and O–H groups in total. The molecule has 6 nitrogen and oxygen atoms in total. The van der Waals surface area contributed by atoms with Gasteiger partial charge in [0.05, 0.1) is 10.7 Å². The molecule has 0 unspecified atom stereocenters. The number of nitrogens with zero attached hydrogens (tertiary/aromatic N) is 2. The van der Waals surface area contributed by atoms with Crippen molar-refractivity contribution in [2.24, 2.45) is 0 Å². The molecule has 130 valence electrons. The first-order chi connectivity index (χ1) is 11.4. The molecule has 1 saturated heterocycles. The second-order valence-corrected chi connectivity index (χ2v) is 6.33. The fourth-order valence-corrected chi connectivity index (χ4v) is 3.01. The monoisotopic (exact) mass is 368 g/mol. The molecule has 1 fully saturated rings. The molecule has 0 atom stereocenters. The van der Waals surface area contributed by atoms with Crippen molar-refractivity contribution in [1.29, 1.82) is 0 Å². The van der Waals surface area contributed by atoms with Gasteiger partial charge in [0.25, 0.3) is 0 Å². The Morgan fingerprint density at radius 3 is 2.46 bits per heavy atom. The lowest BCUT2D eigenvalue weighted by Crippen LogP contribution is -2.48. The van der Waals surface area contributed by atoms with Crippen molar-refractivity contribution < 1.29 is 9.59 Å². The molecule has 1 heterocycles. The third kappa shape index (κ3) is 4.82. The van der Waals surface area contributed by atoms with E-state index in [-0.39, 0.29) is 16.9 Å². The second-order valence-electron chi connectivity index (χ2n) is 5.52. The Bertz CT molecular complexity index is 645. The molecule has 0 radical (unpaired) electrons. The number of anilines is 2. The van der Waals surface area contributed by atoms with Crippen LogP contribution in [0, 0.1) is 0 Å². The molecule has 0 aromatic heterocycles. The third-order valence-corrected chi connectivity index (χ3v) is 4.35. The van der Waals surface area contributed by atoms with Gasteiger partial charge in [-0.2, -0.15) is 0 Å². The first-order valence-corrected chi connectivity index (χ1v) is 8.60. The van der Waals surface area contributed by atoms with E-state index in [2.05, 4.69) is 15.5 Å². The van der Waals surface area contributed by atoms with E-state index >= 15 is 0 Å². The number of rotatable bonds is 3. The lowest BCUT2D eigenvalue weighted by Gasteiger charge is -2.36. The highest BCUT2D eigenvalue weighted by Gasteiger charge is 2.20. The number of halogens is 1. The molecule has 0 spiro atoms. The summed E-state index contributed by atoms with van der Waals surface area (Å²) in [6, 6.07) is 5.56. The summed E-state index contributed by atoms with van der Waals surface area (Å²) in [6.07, 6.45) is 0.369. The quantitative estimate of drug-likeness (QED) is 0.801. The largest absolute Gasteiger partial charge is 0.367 e. The van der Waals surface area contributed by atoms with E-state index in [9.17, 15) is 9.59 Å². The van der Waals surface area contributed by atoms with Crippen LogP contribution in [0.25, 0.3) is 0 Å². The third-order valence-electron chi connectivity index (χ3n) is 3.85. The molecule has 24 heavy (non-hydrogen) atoms. The Morgan fingerprint density at radius 1 is 1.25 bits per heavy atom. The lowest BCUT2D eigenvalue weighted by atomic mass is 10.2. The fraction of sp³-hybridized carbons (Fsp3) is 0.438. The molecule has 1 aromatic rings. The minimum Gasteiger partial charge on any atom is -0.367 e. The predicted octanol–water partition coefficient (Wildman–Crippen LogP) is 2.23. The van der Waals surface area contributed by atoms with Gasteiger partial charge in [0.15, 0.2) is 5.11 Å². The molecule has 0 bridgehead atoms. The number of benzene rings is 1. The van der Waals surface area contributed by atoms with Crippen LogP contribution in [-0.2, 0) is 9.59 Å². The van der Waals surface area contributed by atoms with E-state index in [1.807, 2.05) is 17.0 Å². The van der Waals surface area contributed by atoms with Gasteiger partial charge in [-0.3, -0.25) is 9.59 Å². The van der Waals surface area contributed by atoms with Crippen LogP contribution in [0.3, 0.4) is 0 Å². The Hall–Kier alpha value is -1.86. The number of piperazine rings is 1. The lowest BCUT2D eigenvalue weighted by molar-refractivity contribution is -0.129. The minimum absolute atomic E-state index is 0.0999. The van der Waals surface area contributed by atoms with Crippen LogP contribution in [0.15, 0.2) is 18.2 Å². The van der Waals surface area contributed by atoms with Gasteiger partial charge in [0, 0.05) is 45.2 Å². The zero-order valence-electron chi connectivity index (χ0n) is 13.8. The molecule has 8 heteroatoms. The number of amides is 2. The van der Waals surface area contributed by atoms with E-state index in [0.29, 0.717) is 30.2 Å². The van der Waals surface area contributed by atoms with Crippen LogP contribution in [0.1, 0.15) is 20.3 Å². The first kappa shape index (κ1) is 18.5. The summed E-state index contributed by atoms with van der Waals surface area (Å²) in [7, 11) is 0. The Morgan fingerprint density at radius 2 is 1.92 bits per heavy atom. The summed E-state index contributed by atoms with van der Waals surface area (Å²) in [5.41, 5.74) is 1.64. The average Bonchev–Trinajstić information content (AvgIpc) is 2.54. The SMILES string of the molecule is CCC(=O)NC(=S)Nc1ccc(N2CCN(C(C)=O)CC2)c(Cl)c1. The molecule has 0 aliphatic carbocycles. The van der Waals surface area contributed by atoms with Crippen LogP contribution in [0.2, 0.25) is 5.02 Å². The second kappa shape index (κ2) is 8.30. The molecule has 1 aromatic carbocycles. The van der Waals surface area contributed by atoms with E-state index < -0.39 is 0 Å². The normalized spacial score (nSPS) is 14.3. The molecule has 0 saturated carbocycles. The van der Waals surface area contributed by atoms with Gasteiger partial charge in [-0.05, 0) is 30.4 Å². The van der Waals surface area contributed by atoms with Crippen molar-refractivity contribution in [3.63, 3.8) is 0 Å². The van der Waals surface area contributed by atoms with Gasteiger partial charge in [0.1, 0.15) is 0 Å². The van der Waals surface area contributed by atoms with Crippen molar-refractivity contribution >= 4 is 52.1 Å². The minimum atomic E-state index is -0.140. The number of hydrogen-bond acceptors (Lipinski definition) is 4. The standard InChI is InChI=1S/C16H21ClN4O2S/c1-3-15(23)19-16(24)18-12-4-5-14(13(17)10-12)21-8-6-20(7-9-21)11(2)22/h4-5,10H,3,6-9H2,1-2H3,(H2,18,19,23,24). The van der Waals surface area contributed by atoms with Crippen LogP contribution in [-0.4, -0.2) is 48.0 Å². The highest BCUT2D eigenvalue weighted by molar-refractivity contribution is 7.80. The number of thiocarbonyl (C=S) groups is 1. The van der Waals surface area contributed by atoms with Crippen molar-refractivity contribution in [1.82, 2.24) is 10.2 Å². The highest BCUT2D eigenvalue weighted by atomic mass is 35.5. The van der Waals surface area contributed by atoms with E-state index in [1.54, 1.807) is 19.9 Å². The van der Waals surface area contributed by atoms with Crippen LogP contribution < -0.4 is 15.5 Å². The number of carbonyl (C=O) groups is 2. The number of carbonyl (C=O) groups excluding carboxylic acids is 2. The van der Waals surface area contributed by atoms with E-state index in [4.69, 9.17) is 23.8 Å². The van der Waals surface area contributed by atoms with Crippen molar-refractivity contribution in [2.45, 2.75) is 20.3 Å². The number of hydrogen-bond donors (Lipinski definition) is 2. The van der Waals surface area contributed by atoms with Crippen LogP contribution in [0.5, 0.6) is 0 Å². The Kier molecular flexibility index (Phi) is 6.39. The van der Waals surface area contributed by atoms with Crippen molar-refractivity contribution in [2.75, 3.05) is 36.4 Å². The Balaban J connectivity index is 1.99. The first-order valence-electron chi connectivity index (χ1n) is 7.81. The molecular formula is C16H21ClN4O2S. The summed E-state index contributed by atoms with van der Waals surface area (Å²) in [5.74, 6) is -0.0403. The van der Waals surface area contributed by atoms with Gasteiger partial charge in [-0.15, -0.1) is 0 Å². The van der Waals surface area contributed by atoms with Gasteiger partial charge in [0.2, 0.25) is 11.8 Å². The number of nitrogens with one attached hydrogen (secondary N) is 2. The predicted molar refractivity (Wildman–Crippen MR) is 101 cm³/mol. The van der Waals surface area contributed by atoms with Gasteiger partial charge in [-0.25, -0.2) is 0 Å². The summed E-state index contributed by atoms with van der Waals surface area (Å²) >= 11 is 11.5. The average molecular weight is 369 g/mol. The zero-order chi connectivity index (χ0) is 17.7. The van der Waals surface area contributed by atoms with E-state index in [1.165, 1.54) is 0 Å². The van der Waals surface area contributed by atoms with Crippen LogP contribution in [0.4, 0.5) is 11.4 Å². The smallest absolute Gasteiger partial charge is 0.225 e. The zero-order valence-corrected chi connectivity index (χ0v) is 15.3. The van der Waals surface area contributed by atoms with Gasteiger partial charge in [-0.1, -0.05) is 18.5 Å². The van der Waals surface area contributed by atoms with Crippen LogP contribution >= 0.6 is 23.8 Å². The Labute approximate surface area is 152 Å². The maximum absolute atomic E-state index is 11.4. The van der Waals surface area contributed by atoms with Gasteiger partial charge < -0.3 is 20.4 Å². The molecule has 2 rings (SSSR count). The topological polar surface area (TPSA) is 64.7 Å². The van der Waals surface area contributed by atoms with Crippen molar-refractivity contribution in [3.8, 4) is 0 Å². The molecule has 1 aliphatic rings. The fourth-order valence-electron chi connectivity index (χ4n) is 2.48. The summed E-state index contributed by atoms with van der Waals surface area (Å²) in [4.78, 5) is 26.7. The molecule has 1 aliphatic heterocycles. The molecular weight excluding hydrogens is 348 g/mol. The summed E-state index contributed by atoms with van der Waals surface area (Å²) in [6.45, 7) is 6.23. The van der Waals surface area contributed by atoms with Gasteiger partial charge >= 0.3 is 0 Å². The van der Waals surface area contributed by atoms with E-state index in [0.717, 1.165) is 18.8 Å². The highest BCUT2D eigenvalue weighted by Crippen LogP contribution is 2.29.